The molecule has 2 unspecified atom stereocenters. The Morgan fingerprint density at radius 1 is 0.775 bits per heavy atom. The minimum Gasteiger partial charge on any atom is -0.338 e. The van der Waals surface area contributed by atoms with E-state index in [1.165, 1.54) is 0 Å². The number of halogens is 3. The second kappa shape index (κ2) is 15.6. The van der Waals surface area contributed by atoms with E-state index < -0.39 is 0 Å². The Morgan fingerprint density at radius 3 is 2.20 bits per heavy atom. The molecule has 10 heteroatoms. The fraction of sp³-hybridized carbons (Fsp3) is 0.400. The van der Waals surface area contributed by atoms with Gasteiger partial charge in [-0.3, -0.25) is 4.79 Å². The highest BCUT2D eigenvalue weighted by atomic mass is 35.5. The lowest BCUT2D eigenvalue weighted by molar-refractivity contribution is 0.0992. The maximum atomic E-state index is 13.3. The summed E-state index contributed by atoms with van der Waals surface area (Å²) in [4.78, 5) is 23.5. The van der Waals surface area contributed by atoms with Crippen molar-refractivity contribution in [1.29, 1.82) is 0 Å². The summed E-state index contributed by atoms with van der Waals surface area (Å²) in [7, 11) is 0. The lowest BCUT2D eigenvalue weighted by atomic mass is 10.00. The van der Waals surface area contributed by atoms with Crippen LogP contribution in [0.4, 0.5) is 5.69 Å². The Hall–Kier alpha value is -2.39. The van der Waals surface area contributed by atoms with Crippen molar-refractivity contribution in [3.63, 3.8) is 0 Å². The van der Waals surface area contributed by atoms with Gasteiger partial charge in [0.2, 0.25) is 0 Å². The molecule has 1 aliphatic heterocycles. The quantitative estimate of drug-likeness (QED) is 0.132. The second-order valence-corrected chi connectivity index (χ2v) is 10.3. The van der Waals surface area contributed by atoms with Gasteiger partial charge in [0.1, 0.15) is 5.82 Å². The molecular formula is C30H41Cl3N6O. The maximum absolute atomic E-state index is 13.3. The number of H-pyrrole nitrogens is 1. The number of carbonyl (C=O) groups excluding carboxylic acids is 1. The molecule has 0 bridgehead atoms. The van der Waals surface area contributed by atoms with Crippen molar-refractivity contribution in [3.05, 3.63) is 60.2 Å². The number of nitrogens with zero attached hydrogens (tertiary/aromatic N) is 2. The lowest BCUT2D eigenvalue weighted by Gasteiger charge is -2.20. The molecule has 7 nitrogen and oxygen atoms in total. The lowest BCUT2D eigenvalue weighted by Crippen LogP contribution is -2.29. The Kier molecular flexibility index (Phi) is 13.2. The van der Waals surface area contributed by atoms with E-state index in [4.69, 9.17) is 22.2 Å². The van der Waals surface area contributed by atoms with E-state index in [1.54, 1.807) is 0 Å². The summed E-state index contributed by atoms with van der Waals surface area (Å²) in [5.41, 5.74) is 22.9. The van der Waals surface area contributed by atoms with Crippen LogP contribution in [0.15, 0.2) is 54.6 Å². The van der Waals surface area contributed by atoms with Gasteiger partial charge in [-0.15, -0.1) is 37.2 Å². The number of imidazole rings is 1. The second-order valence-electron chi connectivity index (χ2n) is 10.3. The van der Waals surface area contributed by atoms with Gasteiger partial charge in [-0.2, -0.15) is 0 Å². The van der Waals surface area contributed by atoms with Gasteiger partial charge in [-0.25, -0.2) is 4.98 Å². The maximum Gasteiger partial charge on any atom is 0.258 e. The first-order chi connectivity index (χ1) is 18.1. The average Bonchev–Trinajstić information content (AvgIpc) is 3.45. The molecule has 0 saturated heterocycles. The van der Waals surface area contributed by atoms with Crippen LogP contribution in [0.3, 0.4) is 0 Å². The standard InChI is InChI=1S/C30H38N6O.3ClH/c31-18-4-3-8-20(32)9-5-10-21(33)11-7-19-36-27-17-16-23(22-12-6-13-24(28(22)27)30(36)37)29-34-25-14-1-2-15-26(25)35-29;;;/h1-2,6,12-17,20-21H,3-5,7-11,18-19,31-33H2,(H,34,35);3*1H. The van der Waals surface area contributed by atoms with Gasteiger partial charge < -0.3 is 27.1 Å². The molecule has 7 N–H and O–H groups in total. The number of hydrogen-bond acceptors (Lipinski definition) is 5. The molecule has 1 aliphatic rings. The van der Waals surface area contributed by atoms with Crippen LogP contribution < -0.4 is 22.1 Å². The fourth-order valence-electron chi connectivity index (χ4n) is 5.55. The predicted octanol–water partition coefficient (Wildman–Crippen LogP) is 6.34. The number of unbranched alkanes of at least 4 members (excludes halogenated alkanes) is 1. The highest BCUT2D eigenvalue weighted by molar-refractivity contribution is 6.26. The topological polar surface area (TPSA) is 127 Å². The molecule has 2 atom stereocenters. The number of anilines is 1. The van der Waals surface area contributed by atoms with E-state index in [1.807, 2.05) is 41.3 Å². The minimum absolute atomic E-state index is 0. The minimum atomic E-state index is 0. The third-order valence-electron chi connectivity index (χ3n) is 7.56. The average molecular weight is 608 g/mol. The summed E-state index contributed by atoms with van der Waals surface area (Å²) in [5.74, 6) is 0.889. The van der Waals surface area contributed by atoms with Gasteiger partial charge in [0, 0.05) is 35.1 Å². The van der Waals surface area contributed by atoms with Crippen molar-refractivity contribution in [1.82, 2.24) is 9.97 Å². The third kappa shape index (κ3) is 7.27. The van der Waals surface area contributed by atoms with Crippen molar-refractivity contribution in [2.75, 3.05) is 18.0 Å². The molecule has 0 aliphatic carbocycles. The summed E-state index contributed by atoms with van der Waals surface area (Å²) in [6, 6.07) is 18.5. The van der Waals surface area contributed by atoms with Crippen molar-refractivity contribution in [2.45, 2.75) is 63.5 Å². The molecule has 0 fully saturated rings. The number of nitrogens with two attached hydrogens (primary N) is 3. The molecule has 0 spiro atoms. The van der Waals surface area contributed by atoms with Crippen molar-refractivity contribution < 1.29 is 4.79 Å². The van der Waals surface area contributed by atoms with Crippen molar-refractivity contribution >= 4 is 70.6 Å². The number of para-hydroxylation sites is 2. The molecule has 4 aromatic rings. The molecule has 5 rings (SSSR count). The van der Waals surface area contributed by atoms with Gasteiger partial charge >= 0.3 is 0 Å². The zero-order chi connectivity index (χ0) is 25.8. The molecule has 1 amide bonds. The van der Waals surface area contributed by atoms with Crippen LogP contribution in [0, 0.1) is 0 Å². The number of carbonyl (C=O) groups is 1. The van der Waals surface area contributed by atoms with Crippen LogP contribution >= 0.6 is 37.2 Å². The number of hydrogen-bond donors (Lipinski definition) is 4. The Balaban J connectivity index is 0.00000187. The highest BCUT2D eigenvalue weighted by Gasteiger charge is 2.30. The first-order valence-corrected chi connectivity index (χ1v) is 13.6. The molecule has 0 radical (unpaired) electrons. The van der Waals surface area contributed by atoms with E-state index >= 15 is 0 Å². The van der Waals surface area contributed by atoms with Crippen LogP contribution in [0.5, 0.6) is 0 Å². The predicted molar refractivity (Wildman–Crippen MR) is 174 cm³/mol. The zero-order valence-electron chi connectivity index (χ0n) is 22.7. The first-order valence-electron chi connectivity index (χ1n) is 13.6. The van der Waals surface area contributed by atoms with Crippen LogP contribution in [0.25, 0.3) is 33.2 Å². The number of fused-ring (bicyclic) bond motifs is 1. The summed E-state index contributed by atoms with van der Waals surface area (Å²) < 4.78 is 0. The Morgan fingerprint density at radius 2 is 1.48 bits per heavy atom. The van der Waals surface area contributed by atoms with E-state index in [-0.39, 0.29) is 55.2 Å². The molecular weight excluding hydrogens is 567 g/mol. The molecule has 0 saturated carbocycles. The monoisotopic (exact) mass is 606 g/mol. The zero-order valence-corrected chi connectivity index (χ0v) is 25.1. The van der Waals surface area contributed by atoms with E-state index in [2.05, 4.69) is 23.2 Å². The SMILES string of the molecule is Cl.Cl.Cl.NCCCCC(N)CCCC(N)CCCN1C(=O)c2cccc3c(-c4nc5ccccc5[nH]4)ccc1c23. The normalized spacial score (nSPS) is 13.6. The number of amides is 1. The van der Waals surface area contributed by atoms with Gasteiger partial charge in [-0.05, 0) is 80.8 Å². The Bertz CT molecular complexity index is 1360. The number of benzene rings is 3. The van der Waals surface area contributed by atoms with Gasteiger partial charge in [0.05, 0.1) is 16.7 Å². The highest BCUT2D eigenvalue weighted by Crippen LogP contribution is 2.41. The van der Waals surface area contributed by atoms with Crippen molar-refractivity contribution in [3.8, 4) is 11.4 Å². The largest absolute Gasteiger partial charge is 0.338 e. The summed E-state index contributed by atoms with van der Waals surface area (Å²) in [6.45, 7) is 1.40. The van der Waals surface area contributed by atoms with Crippen LogP contribution in [-0.4, -0.2) is 41.0 Å². The summed E-state index contributed by atoms with van der Waals surface area (Å²) in [5, 5.41) is 2.06. The molecule has 2 heterocycles. The molecule has 3 aromatic carbocycles. The van der Waals surface area contributed by atoms with E-state index in [9.17, 15) is 4.79 Å². The van der Waals surface area contributed by atoms with E-state index in [0.29, 0.717) is 6.54 Å². The van der Waals surface area contributed by atoms with Crippen molar-refractivity contribution in [2.24, 2.45) is 17.2 Å². The number of rotatable bonds is 13. The number of aromatic amines is 1. The van der Waals surface area contributed by atoms with Crippen LogP contribution in [0.1, 0.15) is 61.7 Å². The molecule has 1 aromatic heterocycles. The van der Waals surface area contributed by atoms with Crippen LogP contribution in [-0.2, 0) is 0 Å². The van der Waals surface area contributed by atoms with Gasteiger partial charge in [-0.1, -0.05) is 37.1 Å². The third-order valence-corrected chi connectivity index (χ3v) is 7.56. The summed E-state index contributed by atoms with van der Waals surface area (Å²) >= 11 is 0. The smallest absolute Gasteiger partial charge is 0.258 e. The molecule has 40 heavy (non-hydrogen) atoms. The fourth-order valence-corrected chi connectivity index (χ4v) is 5.55. The number of aromatic nitrogens is 2. The van der Waals surface area contributed by atoms with E-state index in [0.717, 1.165) is 102 Å². The first kappa shape index (κ1) is 33.8. The Labute approximate surface area is 254 Å². The molecule has 218 valence electrons. The van der Waals surface area contributed by atoms with Gasteiger partial charge in [0.25, 0.3) is 5.91 Å². The summed E-state index contributed by atoms with van der Waals surface area (Å²) in [6.07, 6.45) is 7.96. The van der Waals surface area contributed by atoms with Gasteiger partial charge in [0.15, 0.2) is 0 Å². The van der Waals surface area contributed by atoms with Crippen LogP contribution in [0.2, 0.25) is 0 Å². The number of nitrogens with one attached hydrogen (secondary N) is 1.